The van der Waals surface area contributed by atoms with Crippen LogP contribution in [0.5, 0.6) is 0 Å². The quantitative estimate of drug-likeness (QED) is 0.717. The van der Waals surface area contributed by atoms with Crippen molar-refractivity contribution in [2.24, 2.45) is 5.73 Å². The standard InChI is InChI=1S/C10H12ClNS/c1-6-2-3-7(11)9-8(12)4-5-13-10(6)9/h2-3,8H,4-5,12H2,1H3/t8-/m1/s1. The van der Waals surface area contributed by atoms with E-state index in [1.165, 1.54) is 10.5 Å². The number of hydrogen-bond acceptors (Lipinski definition) is 2. The van der Waals surface area contributed by atoms with Crippen LogP contribution in [0.15, 0.2) is 17.0 Å². The first-order valence-electron chi connectivity index (χ1n) is 4.37. The van der Waals surface area contributed by atoms with Crippen LogP contribution < -0.4 is 5.73 Å². The lowest BCUT2D eigenvalue weighted by atomic mass is 10.0. The number of rotatable bonds is 0. The fourth-order valence-corrected chi connectivity index (χ4v) is 3.30. The molecule has 1 heterocycles. The molecule has 0 aliphatic carbocycles. The molecule has 3 heteroatoms. The van der Waals surface area contributed by atoms with Gasteiger partial charge in [0.15, 0.2) is 0 Å². The van der Waals surface area contributed by atoms with Gasteiger partial charge in [-0.2, -0.15) is 0 Å². The van der Waals surface area contributed by atoms with E-state index >= 15 is 0 Å². The van der Waals surface area contributed by atoms with Crippen molar-refractivity contribution in [3.05, 3.63) is 28.3 Å². The Morgan fingerprint density at radius 1 is 1.54 bits per heavy atom. The largest absolute Gasteiger partial charge is 0.324 e. The first-order chi connectivity index (χ1) is 6.20. The van der Waals surface area contributed by atoms with Gasteiger partial charge >= 0.3 is 0 Å². The summed E-state index contributed by atoms with van der Waals surface area (Å²) in [7, 11) is 0. The van der Waals surface area contributed by atoms with Gasteiger partial charge in [0.2, 0.25) is 0 Å². The first kappa shape index (κ1) is 9.38. The molecule has 0 amide bonds. The number of benzene rings is 1. The van der Waals surface area contributed by atoms with E-state index in [-0.39, 0.29) is 6.04 Å². The molecule has 0 aromatic heterocycles. The third kappa shape index (κ3) is 1.58. The smallest absolute Gasteiger partial charge is 0.0465 e. The lowest BCUT2D eigenvalue weighted by Crippen LogP contribution is -2.17. The zero-order valence-corrected chi connectivity index (χ0v) is 9.08. The van der Waals surface area contributed by atoms with E-state index in [2.05, 4.69) is 13.0 Å². The highest BCUT2D eigenvalue weighted by atomic mass is 35.5. The van der Waals surface area contributed by atoms with Gasteiger partial charge in [-0.1, -0.05) is 17.7 Å². The van der Waals surface area contributed by atoms with Crippen LogP contribution in [-0.4, -0.2) is 5.75 Å². The van der Waals surface area contributed by atoms with E-state index in [4.69, 9.17) is 17.3 Å². The lowest BCUT2D eigenvalue weighted by molar-refractivity contribution is 0.678. The maximum Gasteiger partial charge on any atom is 0.0465 e. The summed E-state index contributed by atoms with van der Waals surface area (Å²) >= 11 is 7.98. The molecule has 1 atom stereocenters. The molecule has 1 aliphatic heterocycles. The minimum absolute atomic E-state index is 0.128. The van der Waals surface area contributed by atoms with Gasteiger partial charge in [0.25, 0.3) is 0 Å². The summed E-state index contributed by atoms with van der Waals surface area (Å²) in [5, 5.41) is 0.820. The molecule has 2 rings (SSSR count). The number of fused-ring (bicyclic) bond motifs is 1. The maximum absolute atomic E-state index is 6.12. The molecule has 0 fully saturated rings. The molecular weight excluding hydrogens is 202 g/mol. The van der Waals surface area contributed by atoms with Gasteiger partial charge in [-0.25, -0.2) is 0 Å². The van der Waals surface area contributed by atoms with E-state index in [0.29, 0.717) is 0 Å². The van der Waals surface area contributed by atoms with Crippen LogP contribution in [0.1, 0.15) is 23.6 Å². The normalized spacial score (nSPS) is 21.3. The molecule has 70 valence electrons. The Kier molecular flexibility index (Phi) is 2.54. The Bertz CT molecular complexity index is 338. The van der Waals surface area contributed by atoms with Crippen molar-refractivity contribution in [2.75, 3.05) is 5.75 Å². The Morgan fingerprint density at radius 3 is 3.00 bits per heavy atom. The van der Waals surface area contributed by atoms with Crippen LogP contribution in [0.4, 0.5) is 0 Å². The average molecular weight is 214 g/mol. The van der Waals surface area contributed by atoms with Gasteiger partial charge in [0.05, 0.1) is 0 Å². The molecule has 1 aromatic carbocycles. The molecule has 0 unspecified atom stereocenters. The van der Waals surface area contributed by atoms with Crippen molar-refractivity contribution in [3.63, 3.8) is 0 Å². The zero-order chi connectivity index (χ0) is 9.42. The van der Waals surface area contributed by atoms with Gasteiger partial charge in [0, 0.05) is 21.5 Å². The second-order valence-electron chi connectivity index (χ2n) is 3.35. The van der Waals surface area contributed by atoms with Crippen molar-refractivity contribution in [1.29, 1.82) is 0 Å². The van der Waals surface area contributed by atoms with Crippen molar-refractivity contribution < 1.29 is 0 Å². The number of nitrogens with two attached hydrogens (primary N) is 1. The Balaban J connectivity index is 2.60. The third-order valence-corrected chi connectivity index (χ3v) is 3.99. The number of aryl methyl sites for hydroxylation is 1. The SMILES string of the molecule is Cc1ccc(Cl)c2c1SCC[C@H]2N. The fourth-order valence-electron chi connectivity index (χ4n) is 1.65. The van der Waals surface area contributed by atoms with Crippen LogP contribution in [0.25, 0.3) is 0 Å². The number of halogens is 1. The molecule has 0 bridgehead atoms. The molecular formula is C10H12ClNS. The minimum Gasteiger partial charge on any atom is -0.324 e. The minimum atomic E-state index is 0.128. The van der Waals surface area contributed by atoms with E-state index in [1.54, 1.807) is 0 Å². The van der Waals surface area contributed by atoms with E-state index in [0.717, 1.165) is 22.8 Å². The van der Waals surface area contributed by atoms with E-state index in [9.17, 15) is 0 Å². The van der Waals surface area contributed by atoms with Gasteiger partial charge in [0.1, 0.15) is 0 Å². The van der Waals surface area contributed by atoms with Gasteiger partial charge in [-0.15, -0.1) is 11.8 Å². The van der Waals surface area contributed by atoms with E-state index < -0.39 is 0 Å². The highest BCUT2D eigenvalue weighted by Crippen LogP contribution is 2.40. The highest BCUT2D eigenvalue weighted by Gasteiger charge is 2.21. The Morgan fingerprint density at radius 2 is 2.31 bits per heavy atom. The van der Waals surface area contributed by atoms with Crippen LogP contribution in [0.2, 0.25) is 5.02 Å². The van der Waals surface area contributed by atoms with Crippen LogP contribution in [0, 0.1) is 6.92 Å². The van der Waals surface area contributed by atoms with Gasteiger partial charge in [-0.05, 0) is 30.7 Å². The van der Waals surface area contributed by atoms with Gasteiger partial charge < -0.3 is 5.73 Å². The number of thioether (sulfide) groups is 1. The predicted molar refractivity (Wildman–Crippen MR) is 58.5 cm³/mol. The van der Waals surface area contributed by atoms with Crippen LogP contribution >= 0.6 is 23.4 Å². The topological polar surface area (TPSA) is 26.0 Å². The molecule has 0 spiro atoms. The molecule has 0 saturated carbocycles. The molecule has 2 N–H and O–H groups in total. The summed E-state index contributed by atoms with van der Waals surface area (Å²) in [6, 6.07) is 4.14. The van der Waals surface area contributed by atoms with Crippen molar-refractivity contribution >= 4 is 23.4 Å². The third-order valence-electron chi connectivity index (χ3n) is 2.39. The monoisotopic (exact) mass is 213 g/mol. The second kappa shape index (κ2) is 3.52. The summed E-state index contributed by atoms with van der Waals surface area (Å²) in [5.74, 6) is 1.11. The summed E-state index contributed by atoms with van der Waals surface area (Å²) in [6.45, 7) is 2.11. The molecule has 1 aromatic rings. The summed E-state index contributed by atoms with van der Waals surface area (Å²) in [4.78, 5) is 1.30. The molecule has 1 aliphatic rings. The summed E-state index contributed by atoms with van der Waals surface area (Å²) in [5.41, 5.74) is 8.46. The Labute approximate surface area is 87.7 Å². The highest BCUT2D eigenvalue weighted by molar-refractivity contribution is 7.99. The molecule has 0 saturated heterocycles. The van der Waals surface area contributed by atoms with Crippen molar-refractivity contribution in [3.8, 4) is 0 Å². The molecule has 13 heavy (non-hydrogen) atoms. The summed E-state index contributed by atoms with van der Waals surface area (Å²) in [6.07, 6.45) is 1.03. The van der Waals surface area contributed by atoms with Crippen molar-refractivity contribution in [2.45, 2.75) is 24.3 Å². The lowest BCUT2D eigenvalue weighted by Gasteiger charge is -2.24. The van der Waals surface area contributed by atoms with Crippen LogP contribution in [0.3, 0.4) is 0 Å². The van der Waals surface area contributed by atoms with Crippen molar-refractivity contribution in [1.82, 2.24) is 0 Å². The zero-order valence-electron chi connectivity index (χ0n) is 7.51. The molecule has 1 nitrogen and oxygen atoms in total. The fraction of sp³-hybridized carbons (Fsp3) is 0.400. The maximum atomic E-state index is 6.12. The molecule has 0 radical (unpaired) electrons. The average Bonchev–Trinajstić information content (AvgIpc) is 2.12. The number of hydrogen-bond donors (Lipinski definition) is 1. The first-order valence-corrected chi connectivity index (χ1v) is 5.74. The van der Waals surface area contributed by atoms with E-state index in [1.807, 2.05) is 17.8 Å². The summed E-state index contributed by atoms with van der Waals surface area (Å²) < 4.78 is 0. The Hall–Kier alpha value is -0.180. The second-order valence-corrected chi connectivity index (χ2v) is 4.86. The van der Waals surface area contributed by atoms with Gasteiger partial charge in [-0.3, -0.25) is 0 Å². The predicted octanol–water partition coefficient (Wildman–Crippen LogP) is 3.14. The van der Waals surface area contributed by atoms with Crippen LogP contribution in [-0.2, 0) is 0 Å².